The number of ether oxygens (including phenoxy) is 1. The first kappa shape index (κ1) is 17.9. The lowest BCUT2D eigenvalue weighted by molar-refractivity contribution is 0.0920. The minimum Gasteiger partial charge on any atom is -0.394 e. The molecule has 2 N–H and O–H groups in total. The van der Waals surface area contributed by atoms with Crippen molar-refractivity contribution in [2.45, 2.75) is 25.4 Å². The molecule has 1 unspecified atom stereocenters. The van der Waals surface area contributed by atoms with Crippen LogP contribution in [0.1, 0.15) is 45.9 Å². The Hall–Kier alpha value is -2.51. The minimum absolute atomic E-state index is 0.118. The van der Waals surface area contributed by atoms with E-state index in [-0.39, 0.29) is 30.0 Å². The van der Waals surface area contributed by atoms with Crippen molar-refractivity contribution in [2.24, 2.45) is 11.8 Å². The van der Waals surface area contributed by atoms with E-state index in [4.69, 9.17) is 4.74 Å². The third kappa shape index (κ3) is 3.28. The van der Waals surface area contributed by atoms with E-state index in [1.807, 2.05) is 30.3 Å². The molecule has 1 saturated heterocycles. The predicted octanol–water partition coefficient (Wildman–Crippen LogP) is 1.43. The van der Waals surface area contributed by atoms with Gasteiger partial charge in [0.2, 0.25) is 0 Å². The van der Waals surface area contributed by atoms with Crippen molar-refractivity contribution in [3.8, 4) is 0 Å². The van der Waals surface area contributed by atoms with Gasteiger partial charge in [-0.3, -0.25) is 14.3 Å². The zero-order valence-corrected chi connectivity index (χ0v) is 15.2. The summed E-state index contributed by atoms with van der Waals surface area (Å²) < 4.78 is 6.82. The number of carbonyl (C=O) groups is 2. The first-order valence-corrected chi connectivity index (χ1v) is 9.31. The Kier molecular flexibility index (Phi) is 4.80. The molecule has 142 valence electrons. The normalized spacial score (nSPS) is 24.3. The van der Waals surface area contributed by atoms with Crippen molar-refractivity contribution in [1.29, 1.82) is 0 Å². The number of benzene rings is 1. The lowest BCUT2D eigenvalue weighted by Gasteiger charge is -2.17. The lowest BCUT2D eigenvalue weighted by atomic mass is 10.1. The van der Waals surface area contributed by atoms with Gasteiger partial charge in [0.25, 0.3) is 5.91 Å². The Morgan fingerprint density at radius 3 is 2.63 bits per heavy atom. The van der Waals surface area contributed by atoms with Crippen LogP contribution in [-0.4, -0.2) is 52.4 Å². The predicted molar refractivity (Wildman–Crippen MR) is 97.6 cm³/mol. The van der Waals surface area contributed by atoms with E-state index in [0.29, 0.717) is 37.2 Å². The molecule has 1 amide bonds. The highest BCUT2D eigenvalue weighted by molar-refractivity contribution is 5.99. The number of aliphatic hydroxyl groups excluding tert-OH is 1. The van der Waals surface area contributed by atoms with Gasteiger partial charge in [-0.05, 0) is 5.56 Å². The molecule has 1 aliphatic heterocycles. The van der Waals surface area contributed by atoms with E-state index in [9.17, 15) is 14.7 Å². The fourth-order valence-corrected chi connectivity index (χ4v) is 3.81. The van der Waals surface area contributed by atoms with Crippen molar-refractivity contribution < 1.29 is 19.4 Å². The number of carbonyl (C=O) groups excluding carboxylic acids is 2. The van der Waals surface area contributed by atoms with Gasteiger partial charge in [-0.1, -0.05) is 37.3 Å². The molecule has 1 aromatic heterocycles. The summed E-state index contributed by atoms with van der Waals surface area (Å²) in [6, 6.07) is 10.5. The second-order valence-electron chi connectivity index (χ2n) is 7.11. The molecule has 0 bridgehead atoms. The first-order chi connectivity index (χ1) is 13.1. The van der Waals surface area contributed by atoms with E-state index in [2.05, 4.69) is 10.4 Å². The van der Waals surface area contributed by atoms with Gasteiger partial charge in [0.1, 0.15) is 11.7 Å². The van der Waals surface area contributed by atoms with Gasteiger partial charge in [0, 0.05) is 30.4 Å². The third-order valence-corrected chi connectivity index (χ3v) is 5.48. The van der Waals surface area contributed by atoms with Gasteiger partial charge in [-0.15, -0.1) is 0 Å². The second kappa shape index (κ2) is 7.25. The monoisotopic (exact) mass is 369 g/mol. The largest absolute Gasteiger partial charge is 0.394 e. The Labute approximate surface area is 157 Å². The van der Waals surface area contributed by atoms with Crippen LogP contribution in [0.4, 0.5) is 0 Å². The van der Waals surface area contributed by atoms with Crippen LogP contribution in [0.2, 0.25) is 0 Å². The van der Waals surface area contributed by atoms with E-state index in [0.717, 1.165) is 5.56 Å². The van der Waals surface area contributed by atoms with Crippen LogP contribution >= 0.6 is 0 Å². The smallest absolute Gasteiger partial charge is 0.272 e. The number of amides is 1. The third-order valence-electron chi connectivity index (χ3n) is 5.48. The van der Waals surface area contributed by atoms with Gasteiger partial charge in [-0.2, -0.15) is 5.10 Å². The van der Waals surface area contributed by atoms with E-state index >= 15 is 0 Å². The Balaban J connectivity index is 1.62. The molecule has 7 nitrogen and oxygen atoms in total. The zero-order valence-electron chi connectivity index (χ0n) is 15.2. The van der Waals surface area contributed by atoms with Crippen LogP contribution in [0.5, 0.6) is 0 Å². The summed E-state index contributed by atoms with van der Waals surface area (Å²) in [6.07, 6.45) is 0.295. The molecule has 4 atom stereocenters. The Bertz CT molecular complexity index is 838. The molecular weight excluding hydrogens is 346 g/mol. The summed E-state index contributed by atoms with van der Waals surface area (Å²) >= 11 is 0. The van der Waals surface area contributed by atoms with Crippen LogP contribution in [-0.2, 0) is 4.74 Å². The molecule has 2 heterocycles. The molecule has 2 aliphatic rings. The fourth-order valence-electron chi connectivity index (χ4n) is 3.81. The van der Waals surface area contributed by atoms with Crippen LogP contribution in [0.15, 0.2) is 36.4 Å². The van der Waals surface area contributed by atoms with Crippen molar-refractivity contribution in [3.05, 3.63) is 53.3 Å². The highest BCUT2D eigenvalue weighted by Gasteiger charge is 2.54. The number of nitrogens with zero attached hydrogens (tertiary/aromatic N) is 2. The number of rotatable bonds is 7. The fraction of sp³-hybridized carbons (Fsp3) is 0.450. The summed E-state index contributed by atoms with van der Waals surface area (Å²) in [4.78, 5) is 25.1. The summed E-state index contributed by atoms with van der Waals surface area (Å²) in [5.41, 5.74) is 1.37. The standard InChI is InChI=1S/C20H23N3O4/c1-2-18(25)16-8-15(20(26)21-19-13-10-27-11-14(13)19)22-23(16)17(9-24)12-6-4-3-5-7-12/h3-8,13-14,17,19,24H,2,9-11H2,1H3,(H,21,26)/t13-,14+,17-,19?/m0/s1. The minimum atomic E-state index is -0.521. The molecule has 0 radical (unpaired) electrons. The molecule has 1 aromatic carbocycles. The SMILES string of the molecule is CCC(=O)c1cc(C(=O)NC2[C@H]3COC[C@@H]23)nn1[C@@H](CO)c1ccccc1. The van der Waals surface area contributed by atoms with Crippen LogP contribution in [0, 0.1) is 11.8 Å². The number of aromatic nitrogens is 2. The highest BCUT2D eigenvalue weighted by atomic mass is 16.5. The quantitative estimate of drug-likeness (QED) is 0.720. The summed E-state index contributed by atoms with van der Waals surface area (Å²) in [5, 5.41) is 17.3. The molecule has 27 heavy (non-hydrogen) atoms. The Morgan fingerprint density at radius 1 is 1.30 bits per heavy atom. The maximum Gasteiger partial charge on any atom is 0.272 e. The van der Waals surface area contributed by atoms with Gasteiger partial charge in [0.05, 0.1) is 19.8 Å². The van der Waals surface area contributed by atoms with Gasteiger partial charge in [-0.25, -0.2) is 0 Å². The highest BCUT2D eigenvalue weighted by Crippen LogP contribution is 2.44. The first-order valence-electron chi connectivity index (χ1n) is 9.31. The number of nitrogens with one attached hydrogen (secondary N) is 1. The number of hydrogen-bond donors (Lipinski definition) is 2. The van der Waals surface area contributed by atoms with Crippen LogP contribution in [0.3, 0.4) is 0 Å². The van der Waals surface area contributed by atoms with Crippen molar-refractivity contribution in [1.82, 2.24) is 15.1 Å². The molecule has 2 fully saturated rings. The number of Topliss-reactive ketones (excluding diaryl/α,β-unsaturated/α-hetero) is 1. The van der Waals surface area contributed by atoms with Gasteiger partial charge in [0.15, 0.2) is 11.5 Å². The number of fused-ring (bicyclic) bond motifs is 1. The lowest BCUT2D eigenvalue weighted by Crippen LogP contribution is -2.30. The van der Waals surface area contributed by atoms with E-state index < -0.39 is 6.04 Å². The zero-order chi connectivity index (χ0) is 19.0. The van der Waals surface area contributed by atoms with Crippen molar-refractivity contribution in [3.63, 3.8) is 0 Å². The molecule has 2 aromatic rings. The molecule has 7 heteroatoms. The maximum atomic E-state index is 12.6. The summed E-state index contributed by atoms with van der Waals surface area (Å²) in [6.45, 7) is 2.91. The van der Waals surface area contributed by atoms with Crippen molar-refractivity contribution >= 4 is 11.7 Å². The van der Waals surface area contributed by atoms with E-state index in [1.165, 1.54) is 10.7 Å². The average molecular weight is 369 g/mol. The van der Waals surface area contributed by atoms with E-state index in [1.54, 1.807) is 6.92 Å². The van der Waals surface area contributed by atoms with Gasteiger partial charge < -0.3 is 15.2 Å². The molecular formula is C20H23N3O4. The van der Waals surface area contributed by atoms with Gasteiger partial charge >= 0.3 is 0 Å². The maximum absolute atomic E-state index is 12.6. The number of hydrogen-bond acceptors (Lipinski definition) is 5. The Morgan fingerprint density at radius 2 is 2.00 bits per heavy atom. The number of aliphatic hydroxyl groups is 1. The number of ketones is 1. The second-order valence-corrected chi connectivity index (χ2v) is 7.11. The van der Waals surface area contributed by atoms with Crippen LogP contribution in [0.25, 0.3) is 0 Å². The molecule has 1 aliphatic carbocycles. The summed E-state index contributed by atoms with van der Waals surface area (Å²) in [5.74, 6) is 0.375. The van der Waals surface area contributed by atoms with Crippen LogP contribution < -0.4 is 5.32 Å². The summed E-state index contributed by atoms with van der Waals surface area (Å²) in [7, 11) is 0. The molecule has 0 spiro atoms. The molecule has 4 rings (SSSR count). The average Bonchev–Trinajstić information content (AvgIpc) is 3.09. The van der Waals surface area contributed by atoms with Crippen molar-refractivity contribution in [2.75, 3.05) is 19.8 Å². The molecule has 1 saturated carbocycles. The topological polar surface area (TPSA) is 93.5 Å².